The van der Waals surface area contributed by atoms with Gasteiger partial charge in [0.05, 0.1) is 24.2 Å². The van der Waals surface area contributed by atoms with Crippen LogP contribution in [0.3, 0.4) is 0 Å². The van der Waals surface area contributed by atoms with E-state index < -0.39 is 0 Å². The first-order chi connectivity index (χ1) is 5.77. The van der Waals surface area contributed by atoms with Gasteiger partial charge in [-0.25, -0.2) is 0 Å². The SMILES string of the molecule is C=CCn1cc(C(=O)CCl)cn1. The van der Waals surface area contributed by atoms with Crippen molar-refractivity contribution in [1.29, 1.82) is 0 Å². The maximum Gasteiger partial charge on any atom is 0.180 e. The van der Waals surface area contributed by atoms with Crippen molar-refractivity contribution >= 4 is 17.4 Å². The number of aromatic nitrogens is 2. The molecule has 1 aromatic heterocycles. The Morgan fingerprint density at radius 1 is 1.83 bits per heavy atom. The number of carbonyl (C=O) groups excluding carboxylic acids is 1. The van der Waals surface area contributed by atoms with Gasteiger partial charge in [0.15, 0.2) is 5.78 Å². The number of Topliss-reactive ketones (excluding diaryl/α,β-unsaturated/α-hetero) is 1. The minimum atomic E-state index is -0.105. The third-order valence-electron chi connectivity index (χ3n) is 1.39. The molecular weight excluding hydrogens is 176 g/mol. The summed E-state index contributed by atoms with van der Waals surface area (Å²) in [5, 5.41) is 3.94. The van der Waals surface area contributed by atoms with Gasteiger partial charge in [-0.05, 0) is 0 Å². The number of hydrogen-bond donors (Lipinski definition) is 0. The summed E-state index contributed by atoms with van der Waals surface area (Å²) >= 11 is 5.37. The summed E-state index contributed by atoms with van der Waals surface area (Å²) in [4.78, 5) is 11.0. The van der Waals surface area contributed by atoms with Crippen LogP contribution < -0.4 is 0 Å². The van der Waals surface area contributed by atoms with Crippen LogP contribution in [0.4, 0.5) is 0 Å². The van der Waals surface area contributed by atoms with E-state index in [1.54, 1.807) is 17.0 Å². The summed E-state index contributed by atoms with van der Waals surface area (Å²) in [6.45, 7) is 4.17. The second kappa shape index (κ2) is 4.07. The monoisotopic (exact) mass is 184 g/mol. The van der Waals surface area contributed by atoms with Gasteiger partial charge < -0.3 is 0 Å². The molecule has 0 saturated carbocycles. The Kier molecular flexibility index (Phi) is 3.05. The zero-order valence-electron chi connectivity index (χ0n) is 6.53. The van der Waals surface area contributed by atoms with E-state index in [1.165, 1.54) is 6.20 Å². The average Bonchev–Trinajstić information content (AvgIpc) is 2.52. The minimum absolute atomic E-state index is 0.000216. The molecule has 1 heterocycles. The van der Waals surface area contributed by atoms with E-state index >= 15 is 0 Å². The molecule has 0 radical (unpaired) electrons. The highest BCUT2D eigenvalue weighted by Crippen LogP contribution is 2.00. The van der Waals surface area contributed by atoms with Gasteiger partial charge in [0.2, 0.25) is 0 Å². The van der Waals surface area contributed by atoms with Gasteiger partial charge >= 0.3 is 0 Å². The van der Waals surface area contributed by atoms with Gasteiger partial charge in [-0.1, -0.05) is 6.08 Å². The molecule has 64 valence electrons. The molecule has 1 aromatic rings. The van der Waals surface area contributed by atoms with Crippen molar-refractivity contribution in [2.75, 3.05) is 5.88 Å². The van der Waals surface area contributed by atoms with Gasteiger partial charge in [0, 0.05) is 6.20 Å². The second-order valence-corrected chi connectivity index (χ2v) is 2.56. The lowest BCUT2D eigenvalue weighted by Gasteiger charge is -1.91. The zero-order chi connectivity index (χ0) is 8.97. The van der Waals surface area contributed by atoms with E-state index in [-0.39, 0.29) is 11.7 Å². The number of halogens is 1. The molecule has 0 aromatic carbocycles. The Morgan fingerprint density at radius 3 is 3.17 bits per heavy atom. The number of allylic oxidation sites excluding steroid dienone is 1. The molecule has 0 saturated heterocycles. The Bertz CT molecular complexity index is 293. The molecule has 0 bridgehead atoms. The van der Waals surface area contributed by atoms with Crippen LogP contribution in [0, 0.1) is 0 Å². The molecule has 0 atom stereocenters. The van der Waals surface area contributed by atoms with Crippen LogP contribution in [0.25, 0.3) is 0 Å². The molecule has 0 aliphatic carbocycles. The summed E-state index contributed by atoms with van der Waals surface area (Å²) in [6.07, 6.45) is 4.88. The van der Waals surface area contributed by atoms with Crippen molar-refractivity contribution < 1.29 is 4.79 Å². The third-order valence-corrected chi connectivity index (χ3v) is 1.64. The highest BCUT2D eigenvalue weighted by Gasteiger charge is 2.05. The Labute approximate surface area is 75.6 Å². The van der Waals surface area contributed by atoms with E-state index in [0.29, 0.717) is 12.1 Å². The largest absolute Gasteiger partial charge is 0.293 e. The number of alkyl halides is 1. The first kappa shape index (κ1) is 9.00. The number of rotatable bonds is 4. The second-order valence-electron chi connectivity index (χ2n) is 2.30. The van der Waals surface area contributed by atoms with Crippen molar-refractivity contribution in [3.8, 4) is 0 Å². The number of nitrogens with zero attached hydrogens (tertiary/aromatic N) is 2. The maximum atomic E-state index is 11.0. The molecule has 0 unspecified atom stereocenters. The standard InChI is InChI=1S/C8H9ClN2O/c1-2-3-11-6-7(5-10-11)8(12)4-9/h2,5-6H,1,3-4H2. The number of ketones is 1. The first-order valence-electron chi connectivity index (χ1n) is 3.50. The predicted molar refractivity (Wildman–Crippen MR) is 47.5 cm³/mol. The predicted octanol–water partition coefficient (Wildman–Crippen LogP) is 1.49. The molecule has 0 amide bonds. The lowest BCUT2D eigenvalue weighted by Crippen LogP contribution is -1.98. The fourth-order valence-electron chi connectivity index (χ4n) is 0.817. The molecule has 12 heavy (non-hydrogen) atoms. The van der Waals surface area contributed by atoms with Crippen LogP contribution in [0.1, 0.15) is 10.4 Å². The van der Waals surface area contributed by atoms with Crippen molar-refractivity contribution in [2.45, 2.75) is 6.54 Å². The Hall–Kier alpha value is -1.09. The van der Waals surface area contributed by atoms with Crippen molar-refractivity contribution in [3.05, 3.63) is 30.6 Å². The molecule has 3 nitrogen and oxygen atoms in total. The molecular formula is C8H9ClN2O. The average molecular weight is 185 g/mol. The van der Waals surface area contributed by atoms with Crippen molar-refractivity contribution in [2.24, 2.45) is 0 Å². The van der Waals surface area contributed by atoms with Gasteiger partial charge in [-0.15, -0.1) is 18.2 Å². The summed E-state index contributed by atoms with van der Waals surface area (Å²) in [6, 6.07) is 0. The highest BCUT2D eigenvalue weighted by molar-refractivity contribution is 6.30. The topological polar surface area (TPSA) is 34.9 Å². The Morgan fingerprint density at radius 2 is 2.58 bits per heavy atom. The fourth-order valence-corrected chi connectivity index (χ4v) is 0.971. The minimum Gasteiger partial charge on any atom is -0.293 e. The summed E-state index contributed by atoms with van der Waals surface area (Å²) < 4.78 is 1.63. The molecule has 1 rings (SSSR count). The van der Waals surface area contributed by atoms with E-state index in [2.05, 4.69) is 11.7 Å². The van der Waals surface area contributed by atoms with Crippen LogP contribution >= 0.6 is 11.6 Å². The van der Waals surface area contributed by atoms with Crippen LogP contribution in [0.2, 0.25) is 0 Å². The molecule has 0 aliphatic heterocycles. The molecule has 0 aliphatic rings. The van der Waals surface area contributed by atoms with E-state index in [1.807, 2.05) is 0 Å². The highest BCUT2D eigenvalue weighted by atomic mass is 35.5. The van der Waals surface area contributed by atoms with Gasteiger partial charge in [0.25, 0.3) is 0 Å². The number of hydrogen-bond acceptors (Lipinski definition) is 2. The van der Waals surface area contributed by atoms with Crippen LogP contribution in [0.5, 0.6) is 0 Å². The molecule has 0 N–H and O–H groups in total. The lowest BCUT2D eigenvalue weighted by molar-refractivity contribution is 0.102. The quantitative estimate of drug-likeness (QED) is 0.404. The van der Waals surface area contributed by atoms with E-state index in [4.69, 9.17) is 11.6 Å². The number of carbonyl (C=O) groups is 1. The fraction of sp³-hybridized carbons (Fsp3) is 0.250. The summed E-state index contributed by atoms with van der Waals surface area (Å²) in [5.74, 6) is -0.105. The zero-order valence-corrected chi connectivity index (χ0v) is 7.29. The maximum absolute atomic E-state index is 11.0. The molecule has 0 spiro atoms. The normalized spacial score (nSPS) is 9.75. The Balaban J connectivity index is 2.76. The van der Waals surface area contributed by atoms with Crippen molar-refractivity contribution in [1.82, 2.24) is 9.78 Å². The van der Waals surface area contributed by atoms with Gasteiger partial charge in [0.1, 0.15) is 0 Å². The van der Waals surface area contributed by atoms with E-state index in [0.717, 1.165) is 0 Å². The molecule has 4 heteroatoms. The smallest absolute Gasteiger partial charge is 0.180 e. The van der Waals surface area contributed by atoms with Crippen molar-refractivity contribution in [3.63, 3.8) is 0 Å². The van der Waals surface area contributed by atoms with Gasteiger partial charge in [-0.2, -0.15) is 5.10 Å². The van der Waals surface area contributed by atoms with E-state index in [9.17, 15) is 4.79 Å². The lowest BCUT2D eigenvalue weighted by atomic mass is 10.3. The first-order valence-corrected chi connectivity index (χ1v) is 4.04. The van der Waals surface area contributed by atoms with Crippen LogP contribution in [0.15, 0.2) is 25.0 Å². The third kappa shape index (κ3) is 1.95. The molecule has 0 fully saturated rings. The summed E-state index contributed by atoms with van der Waals surface area (Å²) in [7, 11) is 0. The van der Waals surface area contributed by atoms with Gasteiger partial charge in [-0.3, -0.25) is 9.48 Å². The van der Waals surface area contributed by atoms with Crippen LogP contribution in [-0.2, 0) is 6.54 Å². The van der Waals surface area contributed by atoms with Crippen LogP contribution in [-0.4, -0.2) is 21.4 Å². The summed E-state index contributed by atoms with van der Waals surface area (Å²) in [5.41, 5.74) is 0.548.